The summed E-state index contributed by atoms with van der Waals surface area (Å²) in [5.74, 6) is 1.58. The van der Waals surface area contributed by atoms with Gasteiger partial charge in [-0.15, -0.1) is 0 Å². The van der Waals surface area contributed by atoms with E-state index in [1.807, 2.05) is 13.8 Å². The molecule has 0 aliphatic heterocycles. The number of amidine groups is 1. The molecule has 0 bridgehead atoms. The third-order valence-corrected chi connectivity index (χ3v) is 1.60. The lowest BCUT2D eigenvalue weighted by molar-refractivity contribution is 1.08. The lowest BCUT2D eigenvalue weighted by Crippen LogP contribution is -2.17. The zero-order valence-electron chi connectivity index (χ0n) is 8.00. The summed E-state index contributed by atoms with van der Waals surface area (Å²) in [6.45, 7) is 3.81. The van der Waals surface area contributed by atoms with Crippen LogP contribution in [0, 0.1) is 6.92 Å². The highest BCUT2D eigenvalue weighted by Gasteiger charge is 1.94. The second-order valence-electron chi connectivity index (χ2n) is 2.61. The molecule has 0 spiro atoms. The van der Waals surface area contributed by atoms with Gasteiger partial charge in [0.25, 0.3) is 0 Å². The Morgan fingerprint density at radius 3 is 3.00 bits per heavy atom. The van der Waals surface area contributed by atoms with Crippen molar-refractivity contribution in [1.82, 2.24) is 15.5 Å². The molecule has 1 aromatic rings. The van der Waals surface area contributed by atoms with E-state index in [1.54, 1.807) is 19.6 Å². The largest absolute Gasteiger partial charge is 0.335 e. The summed E-state index contributed by atoms with van der Waals surface area (Å²) in [6, 6.07) is 0. The van der Waals surface area contributed by atoms with Gasteiger partial charge < -0.3 is 5.32 Å². The molecule has 0 aliphatic rings. The summed E-state index contributed by atoms with van der Waals surface area (Å²) in [5.41, 5.74) is 1.02. The van der Waals surface area contributed by atoms with Gasteiger partial charge in [-0.3, -0.25) is 10.1 Å². The fourth-order valence-corrected chi connectivity index (χ4v) is 0.725. The Labute approximate surface area is 77.0 Å². The minimum atomic E-state index is 0.761. The number of aromatic nitrogens is 2. The van der Waals surface area contributed by atoms with Crippen LogP contribution < -0.4 is 5.32 Å². The minimum absolute atomic E-state index is 0.761. The van der Waals surface area contributed by atoms with Gasteiger partial charge in [-0.1, -0.05) is 0 Å². The van der Waals surface area contributed by atoms with Crippen molar-refractivity contribution >= 4 is 18.0 Å². The Kier molecular flexibility index (Phi) is 3.19. The highest BCUT2D eigenvalue weighted by atomic mass is 15.2. The first-order valence-corrected chi connectivity index (χ1v) is 3.96. The van der Waals surface area contributed by atoms with Crippen LogP contribution in [0.1, 0.15) is 12.5 Å². The fourth-order valence-electron chi connectivity index (χ4n) is 0.725. The number of nitrogens with zero attached hydrogens (tertiary/aromatic N) is 3. The number of aromatic amines is 1. The van der Waals surface area contributed by atoms with Crippen LogP contribution in [0.3, 0.4) is 0 Å². The van der Waals surface area contributed by atoms with E-state index in [9.17, 15) is 0 Å². The zero-order valence-corrected chi connectivity index (χ0v) is 8.00. The molecule has 0 unspecified atom stereocenters. The molecular weight excluding hydrogens is 166 g/mol. The number of aryl methyl sites for hydroxylation is 1. The SMILES string of the molecule is CN=C(C)NC=Nc1[nH]ncc1C. The molecular formula is C8H13N5. The van der Waals surface area contributed by atoms with Gasteiger partial charge in [0.2, 0.25) is 0 Å². The van der Waals surface area contributed by atoms with E-state index >= 15 is 0 Å². The molecule has 70 valence electrons. The van der Waals surface area contributed by atoms with Crippen molar-refractivity contribution in [3.05, 3.63) is 11.8 Å². The maximum absolute atomic E-state index is 4.12. The Bertz CT molecular complexity index is 323. The van der Waals surface area contributed by atoms with Crippen molar-refractivity contribution in [3.8, 4) is 0 Å². The second-order valence-corrected chi connectivity index (χ2v) is 2.61. The van der Waals surface area contributed by atoms with Gasteiger partial charge in [0, 0.05) is 12.6 Å². The van der Waals surface area contributed by atoms with Crippen LogP contribution in [0.25, 0.3) is 0 Å². The molecule has 13 heavy (non-hydrogen) atoms. The smallest absolute Gasteiger partial charge is 0.152 e. The van der Waals surface area contributed by atoms with E-state index in [-0.39, 0.29) is 0 Å². The van der Waals surface area contributed by atoms with E-state index in [0.717, 1.165) is 17.2 Å². The van der Waals surface area contributed by atoms with E-state index in [2.05, 4.69) is 25.5 Å². The number of nitrogens with one attached hydrogen (secondary N) is 2. The summed E-state index contributed by atoms with van der Waals surface area (Å²) in [6.07, 6.45) is 3.32. The van der Waals surface area contributed by atoms with Crippen LogP contribution in [0.15, 0.2) is 16.2 Å². The number of hydrogen-bond acceptors (Lipinski definition) is 3. The fraction of sp³-hybridized carbons (Fsp3) is 0.375. The lowest BCUT2D eigenvalue weighted by Gasteiger charge is -1.95. The van der Waals surface area contributed by atoms with E-state index in [1.165, 1.54) is 0 Å². The summed E-state index contributed by atoms with van der Waals surface area (Å²) < 4.78 is 0. The highest BCUT2D eigenvalue weighted by Crippen LogP contribution is 2.10. The zero-order chi connectivity index (χ0) is 9.68. The Balaban J connectivity index is 2.55. The average Bonchev–Trinajstić information content (AvgIpc) is 2.52. The first-order valence-electron chi connectivity index (χ1n) is 3.96. The minimum Gasteiger partial charge on any atom is -0.335 e. The topological polar surface area (TPSA) is 65.4 Å². The van der Waals surface area contributed by atoms with Gasteiger partial charge in [0.05, 0.1) is 18.4 Å². The predicted octanol–water partition coefficient (Wildman–Crippen LogP) is 1.02. The normalized spacial score (nSPS) is 12.4. The van der Waals surface area contributed by atoms with Gasteiger partial charge in [-0.25, -0.2) is 4.99 Å². The van der Waals surface area contributed by atoms with Crippen molar-refractivity contribution in [2.75, 3.05) is 7.05 Å². The Morgan fingerprint density at radius 1 is 1.69 bits per heavy atom. The lowest BCUT2D eigenvalue weighted by atomic mass is 10.4. The molecule has 0 aliphatic carbocycles. The second kappa shape index (κ2) is 4.39. The van der Waals surface area contributed by atoms with Gasteiger partial charge in [0.1, 0.15) is 0 Å². The average molecular weight is 179 g/mol. The highest BCUT2D eigenvalue weighted by molar-refractivity contribution is 5.90. The standard InChI is InChI=1S/C8H13N5/c1-6-4-12-13-8(6)11-5-10-7(2)9-3/h4-5H,1-3H3,(H2,9,10,11,12,13). The molecule has 5 heteroatoms. The number of aliphatic imine (C=N–C) groups is 2. The van der Waals surface area contributed by atoms with Crippen molar-refractivity contribution in [2.24, 2.45) is 9.98 Å². The molecule has 0 aromatic carbocycles. The molecule has 0 fully saturated rings. The molecule has 0 radical (unpaired) electrons. The first kappa shape index (κ1) is 9.44. The van der Waals surface area contributed by atoms with Crippen molar-refractivity contribution in [3.63, 3.8) is 0 Å². The molecule has 5 nitrogen and oxygen atoms in total. The van der Waals surface area contributed by atoms with E-state index in [4.69, 9.17) is 0 Å². The molecule has 0 atom stereocenters. The van der Waals surface area contributed by atoms with E-state index in [0.29, 0.717) is 0 Å². The third kappa shape index (κ3) is 2.70. The summed E-state index contributed by atoms with van der Waals surface area (Å²) >= 11 is 0. The van der Waals surface area contributed by atoms with Gasteiger partial charge in [-0.05, 0) is 13.8 Å². The Hall–Kier alpha value is -1.65. The van der Waals surface area contributed by atoms with Crippen LogP contribution in [0.2, 0.25) is 0 Å². The van der Waals surface area contributed by atoms with E-state index < -0.39 is 0 Å². The summed E-state index contributed by atoms with van der Waals surface area (Å²) in [7, 11) is 1.72. The molecule has 0 saturated heterocycles. The molecule has 0 amide bonds. The molecule has 2 N–H and O–H groups in total. The van der Waals surface area contributed by atoms with Gasteiger partial charge >= 0.3 is 0 Å². The Morgan fingerprint density at radius 2 is 2.46 bits per heavy atom. The van der Waals surface area contributed by atoms with Crippen LogP contribution >= 0.6 is 0 Å². The maximum Gasteiger partial charge on any atom is 0.152 e. The molecule has 0 saturated carbocycles. The molecule has 1 rings (SSSR count). The third-order valence-electron chi connectivity index (χ3n) is 1.60. The monoisotopic (exact) mass is 179 g/mol. The maximum atomic E-state index is 4.12. The van der Waals surface area contributed by atoms with Crippen LogP contribution in [0.5, 0.6) is 0 Å². The number of H-pyrrole nitrogens is 1. The first-order chi connectivity index (χ1) is 6.24. The predicted molar refractivity (Wildman–Crippen MR) is 53.6 cm³/mol. The molecule has 1 aromatic heterocycles. The summed E-state index contributed by atoms with van der Waals surface area (Å²) in [4.78, 5) is 8.04. The van der Waals surface area contributed by atoms with Crippen LogP contribution in [0.4, 0.5) is 5.82 Å². The van der Waals surface area contributed by atoms with Crippen molar-refractivity contribution in [2.45, 2.75) is 13.8 Å². The quantitative estimate of drug-likeness (QED) is 0.525. The van der Waals surface area contributed by atoms with Crippen molar-refractivity contribution < 1.29 is 0 Å². The summed E-state index contributed by atoms with van der Waals surface area (Å²) in [5, 5.41) is 9.52. The van der Waals surface area contributed by atoms with Crippen molar-refractivity contribution in [1.29, 1.82) is 0 Å². The number of hydrogen-bond donors (Lipinski definition) is 2. The van der Waals surface area contributed by atoms with Gasteiger partial charge in [0.15, 0.2) is 5.82 Å². The van der Waals surface area contributed by atoms with Crippen LogP contribution in [-0.2, 0) is 0 Å². The van der Waals surface area contributed by atoms with Gasteiger partial charge in [-0.2, -0.15) is 5.10 Å². The number of rotatable bonds is 2. The molecule has 1 heterocycles. The van der Waals surface area contributed by atoms with Crippen LogP contribution in [-0.4, -0.2) is 29.4 Å².